The van der Waals surface area contributed by atoms with Crippen molar-refractivity contribution in [2.75, 3.05) is 7.11 Å². The summed E-state index contributed by atoms with van der Waals surface area (Å²) in [5.74, 6) is -1.16. The molecule has 2 aromatic rings. The van der Waals surface area contributed by atoms with Gasteiger partial charge in [-0.3, -0.25) is 14.9 Å². The number of nitro benzene ring substituents is 1. The Bertz CT molecular complexity index is 769. The number of allylic oxidation sites excluding steroid dienone is 1. The predicted octanol–water partition coefficient (Wildman–Crippen LogP) is 3.40. The van der Waals surface area contributed by atoms with Crippen molar-refractivity contribution in [3.8, 4) is 11.5 Å². The summed E-state index contributed by atoms with van der Waals surface area (Å²) in [7, 11) is 1.25. The van der Waals surface area contributed by atoms with Crippen molar-refractivity contribution in [1.82, 2.24) is 0 Å². The van der Waals surface area contributed by atoms with Gasteiger partial charge < -0.3 is 9.84 Å². The van der Waals surface area contributed by atoms with Crippen LogP contribution in [0.2, 0.25) is 0 Å². The molecule has 0 amide bonds. The number of thiophene rings is 1. The number of rotatable bonds is 5. The van der Waals surface area contributed by atoms with Crippen LogP contribution in [0.5, 0.6) is 11.5 Å². The van der Waals surface area contributed by atoms with Crippen LogP contribution >= 0.6 is 27.3 Å². The molecule has 22 heavy (non-hydrogen) atoms. The lowest BCUT2D eigenvalue weighted by Gasteiger charge is -2.13. The first-order valence-electron chi connectivity index (χ1n) is 5.93. The monoisotopic (exact) mass is 382 g/mol. The molecule has 0 fully saturated rings. The molecular formula is C14H9BrNO5S-. The Balaban J connectivity index is 2.33. The van der Waals surface area contributed by atoms with E-state index in [1.807, 2.05) is 0 Å². The van der Waals surface area contributed by atoms with E-state index in [1.54, 1.807) is 12.1 Å². The fourth-order valence-corrected chi connectivity index (χ4v) is 3.00. The summed E-state index contributed by atoms with van der Waals surface area (Å²) >= 11 is 4.55. The molecule has 2 rings (SSSR count). The molecule has 0 bridgehead atoms. The number of hydrogen-bond acceptors (Lipinski definition) is 6. The summed E-state index contributed by atoms with van der Waals surface area (Å²) in [5, 5.41) is 22.6. The smallest absolute Gasteiger partial charge is 0.266 e. The molecule has 0 atom stereocenters. The molecule has 1 aromatic heterocycles. The Morgan fingerprint density at radius 1 is 1.41 bits per heavy atom. The lowest BCUT2D eigenvalue weighted by Crippen LogP contribution is -2.01. The molecule has 0 aliphatic carbocycles. The highest BCUT2D eigenvalue weighted by Gasteiger charge is 2.13. The molecule has 0 saturated heterocycles. The highest BCUT2D eigenvalue weighted by atomic mass is 79.9. The Morgan fingerprint density at radius 3 is 2.68 bits per heavy atom. The van der Waals surface area contributed by atoms with Crippen LogP contribution in [-0.4, -0.2) is 17.8 Å². The number of nitrogens with zero attached hydrogens (tertiary/aromatic N) is 1. The van der Waals surface area contributed by atoms with Crippen LogP contribution in [0.15, 0.2) is 34.1 Å². The summed E-state index contributed by atoms with van der Waals surface area (Å²) in [6, 6.07) is 5.89. The summed E-state index contributed by atoms with van der Waals surface area (Å²) in [4.78, 5) is 22.6. The van der Waals surface area contributed by atoms with E-state index in [2.05, 4.69) is 15.9 Å². The molecule has 0 aliphatic rings. The van der Waals surface area contributed by atoms with Gasteiger partial charge in [-0.05, 0) is 45.8 Å². The minimum atomic E-state index is -0.793. The molecule has 0 unspecified atom stereocenters. The maximum absolute atomic E-state index is 11.9. The Morgan fingerprint density at radius 2 is 2.14 bits per heavy atom. The zero-order valence-electron chi connectivity index (χ0n) is 11.2. The minimum absolute atomic E-state index is 0.139. The van der Waals surface area contributed by atoms with Crippen LogP contribution in [0.25, 0.3) is 6.08 Å². The second-order valence-electron chi connectivity index (χ2n) is 4.13. The van der Waals surface area contributed by atoms with E-state index in [1.165, 1.54) is 36.7 Å². The van der Waals surface area contributed by atoms with E-state index in [0.717, 1.165) is 9.85 Å². The zero-order chi connectivity index (χ0) is 16.3. The van der Waals surface area contributed by atoms with Crippen molar-refractivity contribution in [3.05, 3.63) is 54.7 Å². The van der Waals surface area contributed by atoms with E-state index in [0.29, 0.717) is 10.4 Å². The summed E-state index contributed by atoms with van der Waals surface area (Å²) < 4.78 is 5.66. The van der Waals surface area contributed by atoms with Gasteiger partial charge in [-0.15, -0.1) is 11.3 Å². The van der Waals surface area contributed by atoms with Crippen molar-refractivity contribution < 1.29 is 19.6 Å². The lowest BCUT2D eigenvalue weighted by atomic mass is 10.1. The molecule has 1 aromatic carbocycles. The van der Waals surface area contributed by atoms with Crippen LogP contribution < -0.4 is 9.84 Å². The summed E-state index contributed by atoms with van der Waals surface area (Å²) in [6.07, 6.45) is 2.70. The number of ketones is 1. The van der Waals surface area contributed by atoms with Gasteiger partial charge in [0, 0.05) is 11.8 Å². The average Bonchev–Trinajstić information content (AvgIpc) is 2.92. The lowest BCUT2D eigenvalue weighted by molar-refractivity contribution is -0.398. The van der Waals surface area contributed by atoms with Crippen LogP contribution in [0, 0.1) is 10.1 Å². The standard InChI is InChI=1S/C14H10BrNO5S/c1-21-11-7-8(6-9(14(11)18)16(19)20)2-3-10(17)12-4-5-13(15)22-12/h2-7,18H,1H3/p-1/b3-2+. The number of hydrogen-bond donors (Lipinski definition) is 0. The number of carbonyl (C=O) groups is 1. The molecule has 0 spiro atoms. The van der Waals surface area contributed by atoms with E-state index in [9.17, 15) is 20.0 Å². The number of benzene rings is 1. The molecule has 8 heteroatoms. The van der Waals surface area contributed by atoms with Gasteiger partial charge in [0.25, 0.3) is 5.69 Å². The maximum atomic E-state index is 11.9. The number of nitro groups is 1. The Hall–Kier alpha value is -2.19. The highest BCUT2D eigenvalue weighted by molar-refractivity contribution is 9.11. The van der Waals surface area contributed by atoms with Crippen molar-refractivity contribution in [2.45, 2.75) is 0 Å². The highest BCUT2D eigenvalue weighted by Crippen LogP contribution is 2.35. The Kier molecular flexibility index (Phi) is 4.94. The van der Waals surface area contributed by atoms with Crippen molar-refractivity contribution in [3.63, 3.8) is 0 Å². The second-order valence-corrected chi connectivity index (χ2v) is 6.59. The molecular weight excluding hydrogens is 374 g/mol. The van der Waals surface area contributed by atoms with Crippen LogP contribution in [-0.2, 0) is 0 Å². The van der Waals surface area contributed by atoms with Crippen LogP contribution in [0.4, 0.5) is 5.69 Å². The first-order chi connectivity index (χ1) is 10.4. The van der Waals surface area contributed by atoms with Crippen molar-refractivity contribution >= 4 is 44.8 Å². The predicted molar refractivity (Wildman–Crippen MR) is 84.5 cm³/mol. The molecule has 1 heterocycles. The third kappa shape index (κ3) is 3.52. The van der Waals surface area contributed by atoms with Crippen molar-refractivity contribution in [1.29, 1.82) is 0 Å². The number of methoxy groups -OCH3 is 1. The summed E-state index contributed by atoms with van der Waals surface area (Å²) in [6.45, 7) is 0. The number of carbonyl (C=O) groups excluding carboxylic acids is 1. The fourth-order valence-electron chi connectivity index (χ4n) is 1.69. The first kappa shape index (κ1) is 16.2. The van der Waals surface area contributed by atoms with Gasteiger partial charge in [0.2, 0.25) is 0 Å². The topological polar surface area (TPSA) is 92.5 Å². The maximum Gasteiger partial charge on any atom is 0.266 e. The SMILES string of the molecule is COc1cc(/C=C/C(=O)c2ccc(Br)s2)cc([N+](=O)[O-])c1[O-]. The van der Waals surface area contributed by atoms with Crippen LogP contribution in [0.1, 0.15) is 15.2 Å². The van der Waals surface area contributed by atoms with Gasteiger partial charge in [-0.25, -0.2) is 0 Å². The number of ether oxygens (including phenoxy) is 1. The molecule has 0 radical (unpaired) electrons. The van der Waals surface area contributed by atoms with E-state index in [-0.39, 0.29) is 11.5 Å². The largest absolute Gasteiger partial charge is 0.865 e. The fraction of sp³-hybridized carbons (Fsp3) is 0.0714. The third-order valence-electron chi connectivity index (χ3n) is 2.72. The Labute approximate surface area is 137 Å². The molecule has 0 aliphatic heterocycles. The molecule has 0 N–H and O–H groups in total. The van der Waals surface area contributed by atoms with Crippen molar-refractivity contribution in [2.24, 2.45) is 0 Å². The third-order valence-corrected chi connectivity index (χ3v) is 4.36. The molecule has 114 valence electrons. The van der Waals surface area contributed by atoms with Gasteiger partial charge in [0.05, 0.1) is 20.7 Å². The van der Waals surface area contributed by atoms with E-state index in [4.69, 9.17) is 4.74 Å². The number of halogens is 1. The second kappa shape index (κ2) is 6.71. The van der Waals surface area contributed by atoms with Crippen LogP contribution in [0.3, 0.4) is 0 Å². The van der Waals surface area contributed by atoms with E-state index < -0.39 is 16.4 Å². The zero-order valence-corrected chi connectivity index (χ0v) is 13.6. The van der Waals surface area contributed by atoms with Gasteiger partial charge in [-0.1, -0.05) is 6.08 Å². The minimum Gasteiger partial charge on any atom is -0.865 e. The average molecular weight is 383 g/mol. The van der Waals surface area contributed by atoms with E-state index >= 15 is 0 Å². The van der Waals surface area contributed by atoms with Gasteiger partial charge >= 0.3 is 0 Å². The molecule has 6 nitrogen and oxygen atoms in total. The summed E-state index contributed by atoms with van der Waals surface area (Å²) in [5.41, 5.74) is -0.252. The van der Waals surface area contributed by atoms with Gasteiger partial charge in [0.1, 0.15) is 5.75 Å². The first-order valence-corrected chi connectivity index (χ1v) is 7.54. The van der Waals surface area contributed by atoms with Gasteiger partial charge in [-0.2, -0.15) is 0 Å². The molecule has 0 saturated carbocycles. The van der Waals surface area contributed by atoms with Gasteiger partial charge in [0.15, 0.2) is 5.78 Å². The normalized spacial score (nSPS) is 10.8. The quantitative estimate of drug-likeness (QED) is 0.342.